The maximum Gasteiger partial charge on any atom is 0.255 e. The molecule has 1 saturated heterocycles. The van der Waals surface area contributed by atoms with Gasteiger partial charge in [-0.25, -0.2) is 4.68 Å². The molecular weight excluding hydrogens is 434 g/mol. The largest absolute Gasteiger partial charge is 0.371 e. The van der Waals surface area contributed by atoms with Gasteiger partial charge in [0.05, 0.1) is 11.9 Å². The Hall–Kier alpha value is -3.90. The molecule has 2 heterocycles. The van der Waals surface area contributed by atoms with E-state index in [0.29, 0.717) is 11.6 Å². The summed E-state index contributed by atoms with van der Waals surface area (Å²) < 4.78 is 1.93. The van der Waals surface area contributed by atoms with Crippen molar-refractivity contribution in [2.75, 3.05) is 23.3 Å². The predicted octanol–water partition coefficient (Wildman–Crippen LogP) is 5.44. The molecule has 1 atom stereocenters. The van der Waals surface area contributed by atoms with E-state index in [0.717, 1.165) is 43.0 Å². The Morgan fingerprint density at radius 1 is 0.914 bits per heavy atom. The zero-order chi connectivity index (χ0) is 24.0. The fraction of sp³-hybridized carbons (Fsp3) is 0.241. The van der Waals surface area contributed by atoms with Gasteiger partial charge in [0.2, 0.25) is 0 Å². The van der Waals surface area contributed by atoms with Crippen LogP contribution in [0.15, 0.2) is 97.3 Å². The first-order valence-electron chi connectivity index (χ1n) is 12.2. The molecule has 0 saturated carbocycles. The van der Waals surface area contributed by atoms with Gasteiger partial charge < -0.3 is 15.5 Å². The Morgan fingerprint density at radius 2 is 1.60 bits per heavy atom. The first-order valence-corrected chi connectivity index (χ1v) is 12.2. The molecule has 1 unspecified atom stereocenters. The van der Waals surface area contributed by atoms with Gasteiger partial charge in [-0.1, -0.05) is 42.5 Å². The van der Waals surface area contributed by atoms with Gasteiger partial charge >= 0.3 is 0 Å². The molecule has 1 fully saturated rings. The number of carbonyl (C=O) groups is 1. The van der Waals surface area contributed by atoms with Crippen LogP contribution in [0.2, 0.25) is 0 Å². The van der Waals surface area contributed by atoms with E-state index >= 15 is 0 Å². The minimum atomic E-state index is -0.0877. The van der Waals surface area contributed by atoms with Crippen LogP contribution in [0.3, 0.4) is 0 Å². The molecule has 5 rings (SSSR count). The monoisotopic (exact) mass is 465 g/mol. The molecule has 0 aliphatic carbocycles. The molecule has 1 aliphatic heterocycles. The minimum Gasteiger partial charge on any atom is -0.371 e. The quantitative estimate of drug-likeness (QED) is 0.381. The normalized spacial score (nSPS) is 15.1. The minimum absolute atomic E-state index is 0.0877. The summed E-state index contributed by atoms with van der Waals surface area (Å²) in [7, 11) is 0. The number of para-hydroxylation sites is 1. The fourth-order valence-electron chi connectivity index (χ4n) is 4.61. The molecule has 6 nitrogen and oxygen atoms in total. The maximum atomic E-state index is 12.5. The Balaban J connectivity index is 1.15. The second-order valence-electron chi connectivity index (χ2n) is 9.07. The zero-order valence-corrected chi connectivity index (χ0v) is 20.0. The molecule has 35 heavy (non-hydrogen) atoms. The highest BCUT2D eigenvalue weighted by molar-refractivity contribution is 6.04. The lowest BCUT2D eigenvalue weighted by molar-refractivity contribution is 0.102. The third kappa shape index (κ3) is 5.61. The van der Waals surface area contributed by atoms with E-state index in [9.17, 15) is 4.79 Å². The Labute approximate surface area is 206 Å². The van der Waals surface area contributed by atoms with E-state index in [4.69, 9.17) is 0 Å². The molecule has 178 valence electrons. The third-order valence-corrected chi connectivity index (χ3v) is 6.61. The van der Waals surface area contributed by atoms with Gasteiger partial charge in [0.25, 0.3) is 5.91 Å². The average Bonchev–Trinajstić information content (AvgIpc) is 3.41. The van der Waals surface area contributed by atoms with E-state index in [1.165, 1.54) is 5.56 Å². The van der Waals surface area contributed by atoms with Gasteiger partial charge in [-0.2, -0.15) is 5.10 Å². The summed E-state index contributed by atoms with van der Waals surface area (Å²) in [5.74, 6) is -0.0877. The van der Waals surface area contributed by atoms with Crippen LogP contribution in [-0.2, 0) is 0 Å². The Morgan fingerprint density at radius 3 is 2.34 bits per heavy atom. The molecule has 1 aliphatic rings. The van der Waals surface area contributed by atoms with E-state index in [-0.39, 0.29) is 11.9 Å². The lowest BCUT2D eigenvalue weighted by Gasteiger charge is -2.35. The number of nitrogens with zero attached hydrogens (tertiary/aromatic N) is 3. The van der Waals surface area contributed by atoms with Gasteiger partial charge in [-0.3, -0.25) is 4.79 Å². The summed E-state index contributed by atoms with van der Waals surface area (Å²) in [6, 6.07) is 28.3. The lowest BCUT2D eigenvalue weighted by atomic mass is 10.0. The first-order chi connectivity index (χ1) is 17.2. The van der Waals surface area contributed by atoms with Crippen molar-refractivity contribution in [1.82, 2.24) is 15.1 Å². The topological polar surface area (TPSA) is 62.2 Å². The fourth-order valence-corrected chi connectivity index (χ4v) is 4.61. The van der Waals surface area contributed by atoms with E-state index in [2.05, 4.69) is 58.0 Å². The maximum absolute atomic E-state index is 12.5. The van der Waals surface area contributed by atoms with Crippen LogP contribution in [0.5, 0.6) is 0 Å². The molecule has 2 N–H and O–H groups in total. The second kappa shape index (κ2) is 10.6. The number of hydrogen-bond donors (Lipinski definition) is 2. The summed E-state index contributed by atoms with van der Waals surface area (Å²) in [5, 5.41) is 11.3. The van der Waals surface area contributed by atoms with Gasteiger partial charge in [-0.05, 0) is 62.2 Å². The van der Waals surface area contributed by atoms with Gasteiger partial charge in [0, 0.05) is 53.9 Å². The van der Waals surface area contributed by atoms with Crippen LogP contribution < -0.4 is 15.5 Å². The number of rotatable bonds is 7. The number of anilines is 2. The molecule has 1 amide bonds. The number of benzene rings is 3. The SMILES string of the molecule is CC(NC1CCN(c2cccc(NC(=O)c3ccccc3)c2)CC1)c1cnn(-c2ccccc2)c1. The molecule has 4 aromatic rings. The van der Waals surface area contributed by atoms with Crippen molar-refractivity contribution in [3.8, 4) is 5.69 Å². The van der Waals surface area contributed by atoms with Crippen molar-refractivity contribution in [3.63, 3.8) is 0 Å². The van der Waals surface area contributed by atoms with Gasteiger partial charge in [-0.15, -0.1) is 0 Å². The number of amides is 1. The summed E-state index contributed by atoms with van der Waals surface area (Å²) in [5.41, 5.74) is 4.89. The Bertz CT molecular complexity index is 1250. The van der Waals surface area contributed by atoms with Crippen LogP contribution >= 0.6 is 0 Å². The molecule has 1 aromatic heterocycles. The van der Waals surface area contributed by atoms with Crippen molar-refractivity contribution in [1.29, 1.82) is 0 Å². The smallest absolute Gasteiger partial charge is 0.255 e. The summed E-state index contributed by atoms with van der Waals surface area (Å²) in [6.07, 6.45) is 6.20. The second-order valence-corrected chi connectivity index (χ2v) is 9.07. The highest BCUT2D eigenvalue weighted by atomic mass is 16.1. The number of nitrogens with one attached hydrogen (secondary N) is 2. The highest BCUT2D eigenvalue weighted by Gasteiger charge is 2.22. The number of aromatic nitrogens is 2. The van der Waals surface area contributed by atoms with Crippen molar-refractivity contribution in [2.24, 2.45) is 0 Å². The van der Waals surface area contributed by atoms with E-state index in [1.807, 2.05) is 71.5 Å². The lowest BCUT2D eigenvalue weighted by Crippen LogP contribution is -2.43. The summed E-state index contributed by atoms with van der Waals surface area (Å²) in [6.45, 7) is 4.16. The summed E-state index contributed by atoms with van der Waals surface area (Å²) >= 11 is 0. The summed E-state index contributed by atoms with van der Waals surface area (Å²) in [4.78, 5) is 14.9. The first kappa shape index (κ1) is 22.9. The molecular formula is C29H31N5O. The zero-order valence-electron chi connectivity index (χ0n) is 20.0. The van der Waals surface area contributed by atoms with Crippen LogP contribution in [0.4, 0.5) is 11.4 Å². The molecule has 3 aromatic carbocycles. The Kier molecular flexibility index (Phi) is 6.91. The van der Waals surface area contributed by atoms with Crippen molar-refractivity contribution in [2.45, 2.75) is 31.8 Å². The molecule has 6 heteroatoms. The predicted molar refractivity (Wildman–Crippen MR) is 141 cm³/mol. The third-order valence-electron chi connectivity index (χ3n) is 6.61. The average molecular weight is 466 g/mol. The van der Waals surface area contributed by atoms with Gasteiger partial charge in [0.1, 0.15) is 0 Å². The van der Waals surface area contributed by atoms with Gasteiger partial charge in [0.15, 0.2) is 0 Å². The number of piperidine rings is 1. The molecule has 0 bridgehead atoms. The van der Waals surface area contributed by atoms with Crippen LogP contribution in [-0.4, -0.2) is 34.8 Å². The highest BCUT2D eigenvalue weighted by Crippen LogP contribution is 2.25. The van der Waals surface area contributed by atoms with E-state index < -0.39 is 0 Å². The van der Waals surface area contributed by atoms with Crippen molar-refractivity contribution < 1.29 is 4.79 Å². The van der Waals surface area contributed by atoms with Crippen molar-refractivity contribution >= 4 is 17.3 Å². The van der Waals surface area contributed by atoms with Crippen LogP contribution in [0, 0.1) is 0 Å². The van der Waals surface area contributed by atoms with Crippen molar-refractivity contribution in [3.05, 3.63) is 108 Å². The standard InChI is InChI=1S/C29H31N5O/c1-22(24-20-30-34(21-24)27-12-6-3-7-13-27)31-25-15-17-33(18-16-25)28-14-8-11-26(19-28)32-29(35)23-9-4-2-5-10-23/h2-14,19-22,25,31H,15-18H2,1H3,(H,32,35). The number of carbonyl (C=O) groups excluding carboxylic acids is 1. The van der Waals surface area contributed by atoms with E-state index in [1.54, 1.807) is 0 Å². The van der Waals surface area contributed by atoms with Crippen LogP contribution in [0.25, 0.3) is 5.69 Å². The van der Waals surface area contributed by atoms with Crippen LogP contribution in [0.1, 0.15) is 41.7 Å². The molecule has 0 spiro atoms. The number of hydrogen-bond acceptors (Lipinski definition) is 4. The molecule has 0 radical (unpaired) electrons.